The molecule has 1 saturated heterocycles. The topological polar surface area (TPSA) is 81.1 Å². The van der Waals surface area contributed by atoms with Crippen LogP contribution in [0.5, 0.6) is 0 Å². The summed E-state index contributed by atoms with van der Waals surface area (Å²) < 4.78 is 25.0. The molecule has 0 aliphatic carbocycles. The molecule has 1 N–H and O–H groups in total. The molecule has 122 valence electrons. The van der Waals surface area contributed by atoms with Gasteiger partial charge in [0, 0.05) is 18.0 Å². The largest absolute Gasteiger partial charge is 0.346 e. The zero-order valence-electron chi connectivity index (χ0n) is 12.9. The Morgan fingerprint density at radius 3 is 2.65 bits per heavy atom. The van der Waals surface area contributed by atoms with Crippen molar-refractivity contribution in [3.05, 3.63) is 53.9 Å². The molecule has 1 unspecified atom stereocenters. The first-order chi connectivity index (χ1) is 10.9. The van der Waals surface area contributed by atoms with E-state index in [9.17, 15) is 13.2 Å². The van der Waals surface area contributed by atoms with Gasteiger partial charge < -0.3 is 5.32 Å². The highest BCUT2D eigenvalue weighted by Crippen LogP contribution is 2.23. The predicted molar refractivity (Wildman–Crippen MR) is 86.9 cm³/mol. The summed E-state index contributed by atoms with van der Waals surface area (Å²) in [5, 5.41) is 7.00. The van der Waals surface area contributed by atoms with Crippen molar-refractivity contribution < 1.29 is 13.2 Å². The Morgan fingerprint density at radius 1 is 1.35 bits per heavy atom. The number of rotatable bonds is 4. The van der Waals surface area contributed by atoms with Gasteiger partial charge in [0.2, 0.25) is 0 Å². The van der Waals surface area contributed by atoms with E-state index in [4.69, 9.17) is 0 Å². The van der Waals surface area contributed by atoms with Gasteiger partial charge in [-0.3, -0.25) is 9.48 Å². The third kappa shape index (κ3) is 3.79. The van der Waals surface area contributed by atoms with Crippen molar-refractivity contribution in [3.63, 3.8) is 0 Å². The number of nitrogens with zero attached hydrogens (tertiary/aromatic N) is 2. The standard InChI is InChI=1S/C16H19N3O3S/c1-16(7-10-23(21,22)12-16)18-15(20)14-5-3-13(4-6-14)11-19-9-2-8-17-19/h2-6,8-9H,7,10-12H2,1H3,(H,18,20). The lowest BCUT2D eigenvalue weighted by molar-refractivity contribution is 0.0915. The number of hydrogen-bond donors (Lipinski definition) is 1. The molecule has 0 bridgehead atoms. The minimum absolute atomic E-state index is 0.00310. The molecular formula is C16H19N3O3S. The van der Waals surface area contributed by atoms with E-state index >= 15 is 0 Å². The fourth-order valence-corrected chi connectivity index (χ4v) is 4.89. The van der Waals surface area contributed by atoms with Crippen LogP contribution in [0.4, 0.5) is 0 Å². The van der Waals surface area contributed by atoms with Crippen LogP contribution in [-0.4, -0.2) is 41.2 Å². The third-order valence-corrected chi connectivity index (χ3v) is 5.94. The summed E-state index contributed by atoms with van der Waals surface area (Å²) in [5.74, 6) is -0.106. The van der Waals surface area contributed by atoms with Crippen molar-refractivity contribution in [2.24, 2.45) is 0 Å². The zero-order valence-corrected chi connectivity index (χ0v) is 13.7. The minimum Gasteiger partial charge on any atom is -0.346 e. The van der Waals surface area contributed by atoms with Crippen molar-refractivity contribution in [1.82, 2.24) is 15.1 Å². The van der Waals surface area contributed by atoms with Crippen molar-refractivity contribution in [1.29, 1.82) is 0 Å². The van der Waals surface area contributed by atoms with E-state index in [1.165, 1.54) is 0 Å². The average molecular weight is 333 g/mol. The van der Waals surface area contributed by atoms with Gasteiger partial charge in [-0.2, -0.15) is 5.10 Å². The van der Waals surface area contributed by atoms with E-state index in [0.29, 0.717) is 18.5 Å². The molecule has 1 amide bonds. The second-order valence-electron chi connectivity index (χ2n) is 6.26. The number of amides is 1. The molecule has 0 radical (unpaired) electrons. The summed E-state index contributed by atoms with van der Waals surface area (Å²) in [7, 11) is -3.04. The van der Waals surface area contributed by atoms with Gasteiger partial charge in [0.05, 0.1) is 23.6 Å². The number of carbonyl (C=O) groups excluding carboxylic acids is 1. The molecule has 23 heavy (non-hydrogen) atoms. The molecule has 1 aromatic heterocycles. The highest BCUT2D eigenvalue weighted by atomic mass is 32.2. The molecule has 6 nitrogen and oxygen atoms in total. The van der Waals surface area contributed by atoms with E-state index in [0.717, 1.165) is 5.56 Å². The Labute approximate surface area is 135 Å². The van der Waals surface area contributed by atoms with E-state index in [1.807, 2.05) is 24.4 Å². The van der Waals surface area contributed by atoms with Gasteiger partial charge in [0.1, 0.15) is 0 Å². The summed E-state index contributed by atoms with van der Waals surface area (Å²) in [6.07, 6.45) is 4.05. The highest BCUT2D eigenvalue weighted by molar-refractivity contribution is 7.91. The summed E-state index contributed by atoms with van der Waals surface area (Å²) in [4.78, 5) is 12.3. The average Bonchev–Trinajstić information content (AvgIpc) is 3.07. The van der Waals surface area contributed by atoms with Crippen LogP contribution < -0.4 is 5.32 Å². The van der Waals surface area contributed by atoms with Crippen molar-refractivity contribution >= 4 is 15.7 Å². The predicted octanol–water partition coefficient (Wildman–Crippen LogP) is 1.24. The Hall–Kier alpha value is -2.15. The Balaban J connectivity index is 1.66. The van der Waals surface area contributed by atoms with E-state index in [-0.39, 0.29) is 17.4 Å². The van der Waals surface area contributed by atoms with Crippen LogP contribution in [0.2, 0.25) is 0 Å². The van der Waals surface area contributed by atoms with E-state index in [2.05, 4.69) is 10.4 Å². The van der Waals surface area contributed by atoms with Crippen molar-refractivity contribution in [2.75, 3.05) is 11.5 Å². The van der Waals surface area contributed by atoms with Gasteiger partial charge in [0.25, 0.3) is 5.91 Å². The lowest BCUT2D eigenvalue weighted by atomic mass is 10.0. The maximum Gasteiger partial charge on any atom is 0.251 e. The minimum atomic E-state index is -3.04. The fourth-order valence-electron chi connectivity index (χ4n) is 2.80. The third-order valence-electron chi connectivity index (χ3n) is 4.04. The maximum atomic E-state index is 12.3. The number of hydrogen-bond acceptors (Lipinski definition) is 4. The van der Waals surface area contributed by atoms with Gasteiger partial charge in [-0.25, -0.2) is 8.42 Å². The maximum absolute atomic E-state index is 12.3. The monoisotopic (exact) mass is 333 g/mol. The van der Waals surface area contributed by atoms with Crippen LogP contribution in [0.3, 0.4) is 0 Å². The first kappa shape index (κ1) is 15.7. The first-order valence-corrected chi connectivity index (χ1v) is 9.27. The van der Waals surface area contributed by atoms with Crippen LogP contribution in [0.15, 0.2) is 42.7 Å². The second-order valence-corrected chi connectivity index (χ2v) is 8.44. The number of sulfone groups is 1. The molecule has 2 heterocycles. The van der Waals surface area contributed by atoms with Gasteiger partial charge in [0.15, 0.2) is 9.84 Å². The summed E-state index contributed by atoms with van der Waals surface area (Å²) in [6, 6.07) is 9.12. The van der Waals surface area contributed by atoms with Gasteiger partial charge >= 0.3 is 0 Å². The van der Waals surface area contributed by atoms with E-state index in [1.54, 1.807) is 29.9 Å². The van der Waals surface area contributed by atoms with Gasteiger partial charge in [-0.1, -0.05) is 12.1 Å². The Kier molecular flexibility index (Phi) is 3.97. The van der Waals surface area contributed by atoms with Crippen LogP contribution in [0.25, 0.3) is 0 Å². The molecule has 0 spiro atoms. The van der Waals surface area contributed by atoms with Crippen LogP contribution in [-0.2, 0) is 16.4 Å². The highest BCUT2D eigenvalue weighted by Gasteiger charge is 2.39. The lowest BCUT2D eigenvalue weighted by Crippen LogP contribution is -2.46. The Bertz CT molecular complexity index is 798. The summed E-state index contributed by atoms with van der Waals surface area (Å²) in [5.41, 5.74) is 0.892. The normalized spacial score (nSPS) is 22.8. The van der Waals surface area contributed by atoms with Crippen molar-refractivity contribution in [2.45, 2.75) is 25.4 Å². The molecule has 3 rings (SSSR count). The molecule has 1 aliphatic rings. The van der Waals surface area contributed by atoms with Crippen LogP contribution >= 0.6 is 0 Å². The molecule has 2 aromatic rings. The summed E-state index contributed by atoms with van der Waals surface area (Å²) >= 11 is 0. The Morgan fingerprint density at radius 2 is 2.09 bits per heavy atom. The SMILES string of the molecule is CC1(NC(=O)c2ccc(Cn3cccn3)cc2)CCS(=O)(=O)C1. The smallest absolute Gasteiger partial charge is 0.251 e. The number of benzene rings is 1. The molecule has 1 atom stereocenters. The lowest BCUT2D eigenvalue weighted by Gasteiger charge is -2.23. The molecule has 1 aliphatic heterocycles. The van der Waals surface area contributed by atoms with E-state index < -0.39 is 15.4 Å². The van der Waals surface area contributed by atoms with Crippen LogP contribution in [0.1, 0.15) is 29.3 Å². The van der Waals surface area contributed by atoms with Gasteiger partial charge in [-0.05, 0) is 37.1 Å². The summed E-state index contributed by atoms with van der Waals surface area (Å²) in [6.45, 7) is 2.42. The second kappa shape index (κ2) is 5.81. The zero-order chi connectivity index (χ0) is 16.5. The van der Waals surface area contributed by atoms with Gasteiger partial charge in [-0.15, -0.1) is 0 Å². The molecule has 1 aromatic carbocycles. The number of nitrogens with one attached hydrogen (secondary N) is 1. The molecule has 1 fully saturated rings. The molecular weight excluding hydrogens is 314 g/mol. The molecule has 0 saturated carbocycles. The quantitative estimate of drug-likeness (QED) is 0.913. The number of aromatic nitrogens is 2. The molecule has 7 heteroatoms. The number of carbonyl (C=O) groups is 1. The fraction of sp³-hybridized carbons (Fsp3) is 0.375. The van der Waals surface area contributed by atoms with Crippen LogP contribution in [0, 0.1) is 0 Å². The van der Waals surface area contributed by atoms with Crippen molar-refractivity contribution in [3.8, 4) is 0 Å². The first-order valence-electron chi connectivity index (χ1n) is 7.45.